The minimum atomic E-state index is -1.03. The van der Waals surface area contributed by atoms with Gasteiger partial charge in [0, 0.05) is 24.6 Å². The molecule has 338 valence electrons. The summed E-state index contributed by atoms with van der Waals surface area (Å²) in [5, 5.41) is 0. The molecule has 6 aromatic carbocycles. The quantitative estimate of drug-likeness (QED) is 0.125. The summed E-state index contributed by atoms with van der Waals surface area (Å²) in [5.41, 5.74) is 21.9. The van der Waals surface area contributed by atoms with E-state index in [-0.39, 0.29) is 16.2 Å². The second kappa shape index (κ2) is 15.1. The van der Waals surface area contributed by atoms with Gasteiger partial charge in [-0.25, -0.2) is 0 Å². The fourth-order valence-electron chi connectivity index (χ4n) is 11.8. The highest BCUT2D eigenvalue weighted by Crippen LogP contribution is 2.55. The van der Waals surface area contributed by atoms with Gasteiger partial charge in [-0.05, 0) is 153 Å². The summed E-state index contributed by atoms with van der Waals surface area (Å²) >= 11 is 0. The molecule has 3 aliphatic rings. The molecule has 4 nitrogen and oxygen atoms in total. The molecule has 3 aliphatic heterocycles. The van der Waals surface area contributed by atoms with E-state index in [0.29, 0.717) is 0 Å². The number of pyridine rings is 1. The second-order valence-corrected chi connectivity index (χ2v) is 21.6. The van der Waals surface area contributed by atoms with E-state index < -0.39 is 11.7 Å². The highest BCUT2D eigenvalue weighted by molar-refractivity contribution is 5.98. The maximum absolute atomic E-state index is 8.66. The van der Waals surface area contributed by atoms with Gasteiger partial charge in [0.1, 0.15) is 22.6 Å². The third kappa shape index (κ3) is 6.03. The SMILES string of the molecule is [2H]C(C)(C)c1ccc(-c2cc[n+]3c(c2)-c2cc(C(C)(C)C)cc4c2C32Oc3ccccc3-c3n(-c5ccc(-c6c(C(C)(CC)CC)cccc6C(C)(CC)CC)cc5C)c5cccc-4c5[n+]32)cc1. The summed E-state index contributed by atoms with van der Waals surface area (Å²) < 4.78 is 23.8. The van der Waals surface area contributed by atoms with E-state index in [0.717, 1.165) is 76.4 Å². The number of hydrogen-bond acceptors (Lipinski definition) is 1. The molecule has 0 aliphatic carbocycles. The Bertz CT molecular complexity index is 3330. The predicted octanol–water partition coefficient (Wildman–Crippen LogP) is 15.7. The lowest BCUT2D eigenvalue weighted by Crippen LogP contribution is -2.78. The Morgan fingerprint density at radius 2 is 1.27 bits per heavy atom. The molecule has 0 radical (unpaired) electrons. The Morgan fingerprint density at radius 1 is 0.642 bits per heavy atom. The first-order valence-electron chi connectivity index (χ1n) is 25.4. The second-order valence-electron chi connectivity index (χ2n) is 21.6. The molecule has 2 aromatic heterocycles. The van der Waals surface area contributed by atoms with E-state index in [1.807, 2.05) is 13.8 Å². The van der Waals surface area contributed by atoms with Crippen molar-refractivity contribution in [1.29, 1.82) is 0 Å². The zero-order valence-corrected chi connectivity index (χ0v) is 41.8. The van der Waals surface area contributed by atoms with Crippen LogP contribution in [0.25, 0.3) is 72.7 Å². The lowest BCUT2D eigenvalue weighted by Gasteiger charge is -2.36. The van der Waals surface area contributed by atoms with Gasteiger partial charge in [0.2, 0.25) is 5.69 Å². The van der Waals surface area contributed by atoms with Gasteiger partial charge in [-0.2, -0.15) is 4.57 Å². The lowest BCUT2D eigenvalue weighted by molar-refractivity contribution is -0.997. The third-order valence-corrected chi connectivity index (χ3v) is 16.8. The fourth-order valence-corrected chi connectivity index (χ4v) is 11.8. The third-order valence-electron chi connectivity index (χ3n) is 16.8. The van der Waals surface area contributed by atoms with Crippen molar-refractivity contribution in [3.63, 3.8) is 0 Å². The summed E-state index contributed by atoms with van der Waals surface area (Å²) in [6.07, 6.45) is 6.58. The number of imidazole rings is 1. The standard InChI is InChI=1S/C63H67N3O/c1-13-61(11,14-2)50-23-20-24-51(62(12,15-3)16-4)56(50)44-31-32-52(40(7)35-44)65-53-25-19-22-46-48-37-45(60(8,9)10)38-49-54-36-43(42-29-27-41(28-30-42)39(5)6)33-34-64(54)63(57(48)49)66(58(46)53)59(65)47-21-17-18-26-55(47)67-63/h17-39H,13-16H2,1-12H3/q+2/i39D. The number of para-hydroxylation sites is 2. The molecule has 67 heavy (non-hydrogen) atoms. The molecule has 8 aromatic rings. The van der Waals surface area contributed by atoms with Crippen LogP contribution in [0.1, 0.15) is 142 Å². The summed E-state index contributed by atoms with van der Waals surface area (Å²) in [6.45, 7) is 27.5. The number of nitrogens with zero attached hydrogens (tertiary/aromatic N) is 3. The van der Waals surface area contributed by atoms with E-state index in [9.17, 15) is 0 Å². The molecule has 0 bridgehead atoms. The van der Waals surface area contributed by atoms with E-state index in [4.69, 9.17) is 6.11 Å². The molecule has 1 atom stereocenters. The van der Waals surface area contributed by atoms with Gasteiger partial charge in [-0.15, -0.1) is 9.13 Å². The molecule has 1 unspecified atom stereocenters. The van der Waals surface area contributed by atoms with Crippen LogP contribution >= 0.6 is 0 Å². The van der Waals surface area contributed by atoms with Gasteiger partial charge in [0.25, 0.3) is 0 Å². The number of aromatic nitrogens is 3. The van der Waals surface area contributed by atoms with Crippen LogP contribution in [-0.2, 0) is 22.1 Å². The van der Waals surface area contributed by atoms with Crippen molar-refractivity contribution in [3.05, 3.63) is 167 Å². The fraction of sp³-hybridized carbons (Fsp3) is 0.333. The van der Waals surface area contributed by atoms with Gasteiger partial charge < -0.3 is 4.74 Å². The number of fused-ring (bicyclic) bond motifs is 5. The Hall–Kier alpha value is -6.26. The average molecular weight is 883 g/mol. The normalized spacial score (nSPS) is 16.1. The van der Waals surface area contributed by atoms with Crippen molar-refractivity contribution in [2.75, 3.05) is 0 Å². The Labute approximate surface area is 400 Å². The van der Waals surface area contributed by atoms with Crippen molar-refractivity contribution in [2.45, 2.75) is 137 Å². The van der Waals surface area contributed by atoms with Crippen LogP contribution < -0.4 is 13.9 Å². The first-order chi connectivity index (χ1) is 32.4. The minimum absolute atomic E-state index is 0.0527. The maximum atomic E-state index is 8.66. The minimum Gasteiger partial charge on any atom is -0.392 e. The van der Waals surface area contributed by atoms with E-state index >= 15 is 0 Å². The van der Waals surface area contributed by atoms with Crippen LogP contribution in [-0.4, -0.2) is 4.57 Å². The molecule has 4 heteroatoms. The number of ether oxygens (including phenoxy) is 1. The highest BCUT2D eigenvalue weighted by Gasteiger charge is 2.68. The first kappa shape index (κ1) is 42.1. The zero-order chi connectivity index (χ0) is 47.9. The summed E-state index contributed by atoms with van der Waals surface area (Å²) in [4.78, 5) is 0. The maximum Gasteiger partial charge on any atom is 0.499 e. The largest absolute Gasteiger partial charge is 0.499 e. The van der Waals surface area contributed by atoms with Crippen LogP contribution in [0.15, 0.2) is 134 Å². The van der Waals surface area contributed by atoms with Crippen molar-refractivity contribution in [1.82, 2.24) is 4.57 Å². The number of hydrogen-bond donors (Lipinski definition) is 0. The monoisotopic (exact) mass is 883 g/mol. The molecule has 0 saturated carbocycles. The van der Waals surface area contributed by atoms with Gasteiger partial charge in [-0.3, -0.25) is 0 Å². The first-order valence-corrected chi connectivity index (χ1v) is 24.9. The average Bonchev–Trinajstić information content (AvgIpc) is 3.83. The van der Waals surface area contributed by atoms with Crippen molar-refractivity contribution >= 4 is 11.0 Å². The van der Waals surface area contributed by atoms with Crippen molar-refractivity contribution < 1.29 is 15.2 Å². The Balaban J connectivity index is 1.20. The Morgan fingerprint density at radius 3 is 1.91 bits per heavy atom. The van der Waals surface area contributed by atoms with Gasteiger partial charge >= 0.3 is 11.7 Å². The highest BCUT2D eigenvalue weighted by atomic mass is 16.5. The van der Waals surface area contributed by atoms with Crippen LogP contribution in [0, 0.1) is 6.92 Å². The van der Waals surface area contributed by atoms with E-state index in [1.165, 1.54) is 61.2 Å². The number of aryl methyl sites for hydroxylation is 1. The van der Waals surface area contributed by atoms with Crippen molar-refractivity contribution in [3.8, 4) is 67.5 Å². The lowest BCUT2D eigenvalue weighted by atomic mass is 9.68. The van der Waals surface area contributed by atoms with E-state index in [2.05, 4.69) is 217 Å². The van der Waals surface area contributed by atoms with E-state index in [1.54, 1.807) is 0 Å². The summed E-state index contributed by atoms with van der Waals surface area (Å²) in [7, 11) is 0. The Kier molecular flexibility index (Phi) is 9.51. The zero-order valence-electron chi connectivity index (χ0n) is 42.8. The van der Waals surface area contributed by atoms with Gasteiger partial charge in [-0.1, -0.05) is 143 Å². The number of rotatable bonds is 10. The smallest absolute Gasteiger partial charge is 0.392 e. The molecule has 0 amide bonds. The van der Waals surface area contributed by atoms with Crippen molar-refractivity contribution in [2.24, 2.45) is 0 Å². The topological polar surface area (TPSA) is 21.9 Å². The molecular formula is C63H67N3O+2. The van der Waals surface area contributed by atoms with Gasteiger partial charge in [0.15, 0.2) is 17.2 Å². The molecule has 11 rings (SSSR count). The molecule has 0 N–H and O–H groups in total. The molecule has 0 fully saturated rings. The molecule has 1 spiro atoms. The van der Waals surface area contributed by atoms with Crippen LogP contribution in [0.5, 0.6) is 5.75 Å². The van der Waals surface area contributed by atoms with Crippen LogP contribution in [0.4, 0.5) is 0 Å². The summed E-state index contributed by atoms with van der Waals surface area (Å²) in [6, 6.07) is 48.0. The van der Waals surface area contributed by atoms with Crippen LogP contribution in [0.3, 0.4) is 0 Å². The number of benzene rings is 6. The molecule has 5 heterocycles. The van der Waals surface area contributed by atoms with Gasteiger partial charge in [0.05, 0.1) is 5.56 Å². The summed E-state index contributed by atoms with van der Waals surface area (Å²) in [5.74, 6) is 0.265. The molecular weight excluding hydrogens is 815 g/mol. The molecule has 0 saturated heterocycles. The predicted molar refractivity (Wildman–Crippen MR) is 277 cm³/mol. The van der Waals surface area contributed by atoms with Crippen LogP contribution in [0.2, 0.25) is 0 Å².